The molecule has 0 aliphatic carbocycles. The van der Waals surface area contributed by atoms with E-state index >= 15 is 0 Å². The van der Waals surface area contributed by atoms with Crippen LogP contribution < -0.4 is 0 Å². The third-order valence-corrected chi connectivity index (χ3v) is 5.93. The lowest BCUT2D eigenvalue weighted by Crippen LogP contribution is -2.22. The van der Waals surface area contributed by atoms with Crippen molar-refractivity contribution in [2.45, 2.75) is 33.6 Å². The van der Waals surface area contributed by atoms with Gasteiger partial charge in [0, 0.05) is 23.3 Å². The lowest BCUT2D eigenvalue weighted by molar-refractivity contribution is 0.646. The van der Waals surface area contributed by atoms with Crippen LogP contribution in [0.3, 0.4) is 0 Å². The number of hydrogen-bond donors (Lipinski definition) is 0. The zero-order valence-corrected chi connectivity index (χ0v) is 18.1. The van der Waals surface area contributed by atoms with E-state index in [9.17, 15) is 0 Å². The smallest absolute Gasteiger partial charge is 0.0926 e. The minimum Gasteiger partial charge on any atom is -0.255 e. The van der Waals surface area contributed by atoms with Gasteiger partial charge >= 0.3 is 0 Å². The SMILES string of the molecule is CC1=Nc2c(ccc(C)c2/N=C(C)\C=C\c2ccccc2)C(c2ccccc2)C1C. The van der Waals surface area contributed by atoms with E-state index in [4.69, 9.17) is 9.98 Å². The molecule has 0 fully saturated rings. The van der Waals surface area contributed by atoms with Crippen molar-refractivity contribution < 1.29 is 0 Å². The highest BCUT2D eigenvalue weighted by Crippen LogP contribution is 2.47. The van der Waals surface area contributed by atoms with E-state index < -0.39 is 0 Å². The Hall–Kier alpha value is -3.26. The molecule has 0 N–H and O–H groups in total. The van der Waals surface area contributed by atoms with Gasteiger partial charge < -0.3 is 0 Å². The Labute approximate surface area is 179 Å². The van der Waals surface area contributed by atoms with E-state index in [0.717, 1.165) is 28.4 Å². The van der Waals surface area contributed by atoms with Crippen molar-refractivity contribution in [3.8, 4) is 0 Å². The number of rotatable bonds is 4. The van der Waals surface area contributed by atoms with Gasteiger partial charge in [-0.05, 0) is 49.1 Å². The van der Waals surface area contributed by atoms with Crippen LogP contribution in [-0.2, 0) is 0 Å². The molecule has 1 aliphatic rings. The predicted octanol–water partition coefficient (Wildman–Crippen LogP) is 7.67. The summed E-state index contributed by atoms with van der Waals surface area (Å²) >= 11 is 0. The maximum Gasteiger partial charge on any atom is 0.0926 e. The lowest BCUT2D eigenvalue weighted by Gasteiger charge is -2.31. The van der Waals surface area contributed by atoms with Crippen LogP contribution in [0.1, 0.15) is 48.9 Å². The second-order valence-electron chi connectivity index (χ2n) is 8.10. The van der Waals surface area contributed by atoms with Gasteiger partial charge in [-0.2, -0.15) is 0 Å². The van der Waals surface area contributed by atoms with Gasteiger partial charge in [0.1, 0.15) is 0 Å². The molecule has 0 amide bonds. The molecule has 30 heavy (non-hydrogen) atoms. The van der Waals surface area contributed by atoms with Crippen molar-refractivity contribution in [1.29, 1.82) is 0 Å². The van der Waals surface area contributed by atoms with Gasteiger partial charge in [-0.1, -0.05) is 85.8 Å². The van der Waals surface area contributed by atoms with E-state index in [1.807, 2.05) is 18.2 Å². The van der Waals surface area contributed by atoms with E-state index in [1.165, 1.54) is 16.7 Å². The normalized spacial score (nSPS) is 18.9. The van der Waals surface area contributed by atoms with Crippen molar-refractivity contribution in [3.05, 3.63) is 101 Å². The summed E-state index contributed by atoms with van der Waals surface area (Å²) in [6, 6.07) is 25.5. The van der Waals surface area contributed by atoms with Gasteiger partial charge in [-0.3, -0.25) is 9.98 Å². The summed E-state index contributed by atoms with van der Waals surface area (Å²) in [4.78, 5) is 10.0. The zero-order valence-electron chi connectivity index (χ0n) is 18.1. The molecule has 2 unspecified atom stereocenters. The fourth-order valence-electron chi connectivity index (χ4n) is 4.12. The van der Waals surface area contributed by atoms with Crippen molar-refractivity contribution >= 4 is 28.9 Å². The van der Waals surface area contributed by atoms with Crippen molar-refractivity contribution in [3.63, 3.8) is 0 Å². The molecule has 0 bridgehead atoms. The number of aliphatic imine (C=N–C) groups is 2. The Morgan fingerprint density at radius 3 is 2.27 bits per heavy atom. The van der Waals surface area contributed by atoms with Crippen LogP contribution in [-0.4, -0.2) is 11.4 Å². The van der Waals surface area contributed by atoms with Crippen LogP contribution in [0.15, 0.2) is 88.9 Å². The highest BCUT2D eigenvalue weighted by molar-refractivity contribution is 6.00. The molecule has 2 heteroatoms. The van der Waals surface area contributed by atoms with Gasteiger partial charge in [0.2, 0.25) is 0 Å². The monoisotopic (exact) mass is 392 g/mol. The maximum absolute atomic E-state index is 5.02. The highest BCUT2D eigenvalue weighted by atomic mass is 14.9. The first-order chi connectivity index (χ1) is 14.5. The number of aryl methyl sites for hydroxylation is 1. The number of nitrogens with zero attached hydrogens (tertiary/aromatic N) is 2. The van der Waals surface area contributed by atoms with Crippen molar-refractivity contribution in [2.24, 2.45) is 15.9 Å². The Balaban J connectivity index is 1.78. The van der Waals surface area contributed by atoms with Crippen LogP contribution in [0.2, 0.25) is 0 Å². The Bertz CT molecular complexity index is 1120. The molecular weight excluding hydrogens is 364 g/mol. The van der Waals surface area contributed by atoms with Crippen LogP contribution in [0.25, 0.3) is 6.08 Å². The number of fused-ring (bicyclic) bond motifs is 1. The van der Waals surface area contributed by atoms with E-state index in [2.05, 4.69) is 94.4 Å². The minimum absolute atomic E-state index is 0.299. The van der Waals surface area contributed by atoms with Gasteiger partial charge in [-0.25, -0.2) is 0 Å². The summed E-state index contributed by atoms with van der Waals surface area (Å²) in [5.41, 5.74) is 9.06. The molecule has 0 radical (unpaired) electrons. The summed E-state index contributed by atoms with van der Waals surface area (Å²) in [6.07, 6.45) is 4.18. The first kappa shape index (κ1) is 20.0. The molecule has 1 aliphatic heterocycles. The van der Waals surface area contributed by atoms with E-state index in [0.29, 0.717) is 11.8 Å². The predicted molar refractivity (Wildman–Crippen MR) is 130 cm³/mol. The quantitative estimate of drug-likeness (QED) is 0.407. The van der Waals surface area contributed by atoms with Crippen LogP contribution in [0, 0.1) is 12.8 Å². The van der Waals surface area contributed by atoms with Crippen LogP contribution in [0.4, 0.5) is 11.4 Å². The Kier molecular flexibility index (Phi) is 5.76. The standard InChI is InChI=1S/C28H28N2/c1-19-15-18-25-26(24-13-9-6-10-14-24)21(3)22(4)30-28(25)27(19)29-20(2)16-17-23-11-7-5-8-12-23/h5-18,21,26H,1-4H3/b17-16+,29-20-. The second-order valence-corrected chi connectivity index (χ2v) is 8.10. The molecule has 0 aromatic heterocycles. The maximum atomic E-state index is 5.02. The molecule has 2 atom stereocenters. The number of allylic oxidation sites excluding steroid dienone is 1. The van der Waals surface area contributed by atoms with Gasteiger partial charge in [0.15, 0.2) is 0 Å². The third-order valence-electron chi connectivity index (χ3n) is 5.93. The fraction of sp³-hybridized carbons (Fsp3) is 0.214. The van der Waals surface area contributed by atoms with Crippen molar-refractivity contribution in [1.82, 2.24) is 0 Å². The fourth-order valence-corrected chi connectivity index (χ4v) is 4.12. The van der Waals surface area contributed by atoms with E-state index in [1.54, 1.807) is 0 Å². The number of hydrogen-bond acceptors (Lipinski definition) is 2. The largest absolute Gasteiger partial charge is 0.255 e. The Morgan fingerprint density at radius 1 is 0.900 bits per heavy atom. The molecule has 3 aromatic carbocycles. The first-order valence-corrected chi connectivity index (χ1v) is 10.6. The summed E-state index contributed by atoms with van der Waals surface area (Å²) in [6.45, 7) is 8.58. The molecule has 0 saturated carbocycles. The molecule has 150 valence electrons. The van der Waals surface area contributed by atoms with Crippen molar-refractivity contribution in [2.75, 3.05) is 0 Å². The topological polar surface area (TPSA) is 24.7 Å². The first-order valence-electron chi connectivity index (χ1n) is 10.6. The molecule has 1 heterocycles. The third kappa shape index (κ3) is 4.04. The minimum atomic E-state index is 0.299. The average Bonchev–Trinajstić information content (AvgIpc) is 2.77. The van der Waals surface area contributed by atoms with E-state index in [-0.39, 0.29) is 0 Å². The van der Waals surface area contributed by atoms with Gasteiger partial charge in [-0.15, -0.1) is 0 Å². The second kappa shape index (κ2) is 8.62. The molecule has 0 spiro atoms. The molecule has 3 aromatic rings. The summed E-state index contributed by atoms with van der Waals surface area (Å²) in [5, 5.41) is 0. The summed E-state index contributed by atoms with van der Waals surface area (Å²) < 4.78 is 0. The Morgan fingerprint density at radius 2 is 1.57 bits per heavy atom. The van der Waals surface area contributed by atoms with Gasteiger partial charge in [0.05, 0.1) is 11.4 Å². The summed E-state index contributed by atoms with van der Waals surface area (Å²) in [7, 11) is 0. The molecular formula is C28H28N2. The van der Waals surface area contributed by atoms with Crippen LogP contribution >= 0.6 is 0 Å². The average molecular weight is 393 g/mol. The highest BCUT2D eigenvalue weighted by Gasteiger charge is 2.31. The molecule has 2 nitrogen and oxygen atoms in total. The summed E-state index contributed by atoms with van der Waals surface area (Å²) in [5.74, 6) is 0.659. The van der Waals surface area contributed by atoms with Crippen LogP contribution in [0.5, 0.6) is 0 Å². The molecule has 4 rings (SSSR count). The lowest BCUT2D eigenvalue weighted by atomic mass is 9.76. The zero-order chi connectivity index (χ0) is 21.1. The number of benzene rings is 3. The van der Waals surface area contributed by atoms with Gasteiger partial charge in [0.25, 0.3) is 0 Å². The molecule has 0 saturated heterocycles.